The minimum atomic E-state index is -1.47. The molecule has 0 spiro atoms. The van der Waals surface area contributed by atoms with Crippen LogP contribution >= 0.6 is 0 Å². The fourth-order valence-corrected chi connectivity index (χ4v) is 2.37. The molecule has 3 N–H and O–H groups in total. The second kappa shape index (κ2) is 5.69. The van der Waals surface area contributed by atoms with Crippen molar-refractivity contribution in [2.24, 2.45) is 0 Å². The van der Waals surface area contributed by atoms with Crippen LogP contribution in [0.5, 0.6) is 0 Å². The van der Waals surface area contributed by atoms with Gasteiger partial charge in [-0.25, -0.2) is 0 Å². The van der Waals surface area contributed by atoms with E-state index < -0.39 is 18.3 Å². The molecule has 0 saturated heterocycles. The highest BCUT2D eigenvalue weighted by atomic mass is 19.1. The summed E-state index contributed by atoms with van der Waals surface area (Å²) in [4.78, 5) is 0. The number of nitrogens with one attached hydrogen (secondary N) is 1. The number of rotatable bonds is 6. The summed E-state index contributed by atoms with van der Waals surface area (Å²) >= 11 is 0. The molecule has 0 saturated carbocycles. The van der Waals surface area contributed by atoms with Gasteiger partial charge in [0.15, 0.2) is 0 Å². The maximum Gasteiger partial charge on any atom is 0.134 e. The molecule has 0 aliphatic carbocycles. The van der Waals surface area contributed by atoms with Crippen LogP contribution in [0.1, 0.15) is 12.0 Å². The number of alkyl halides is 1. The van der Waals surface area contributed by atoms with E-state index in [-0.39, 0.29) is 13.0 Å². The number of hydrogen-bond acceptors (Lipinski definition) is 4. The molecule has 0 radical (unpaired) electrons. The van der Waals surface area contributed by atoms with Crippen molar-refractivity contribution < 1.29 is 19.0 Å². The topological polar surface area (TPSA) is 65.6 Å². The van der Waals surface area contributed by atoms with Crippen molar-refractivity contribution in [3.8, 4) is 0 Å². The van der Waals surface area contributed by atoms with E-state index in [1.54, 1.807) is 25.4 Å². The largest absolute Gasteiger partial charge is 0.464 e. The molecule has 1 heterocycles. The van der Waals surface area contributed by atoms with Crippen molar-refractivity contribution in [2.45, 2.75) is 18.1 Å². The predicted molar refractivity (Wildman–Crippen MR) is 70.6 cm³/mol. The second-order valence-corrected chi connectivity index (χ2v) is 4.56. The summed E-state index contributed by atoms with van der Waals surface area (Å²) in [5.74, 6) is 0. The maximum absolute atomic E-state index is 12.8. The van der Waals surface area contributed by atoms with Gasteiger partial charge < -0.3 is 19.9 Å². The Morgan fingerprint density at radius 3 is 2.84 bits per heavy atom. The lowest BCUT2D eigenvalue weighted by Gasteiger charge is -2.35. The van der Waals surface area contributed by atoms with Crippen molar-refractivity contribution in [1.29, 1.82) is 0 Å². The number of furan rings is 1. The Morgan fingerprint density at radius 1 is 1.42 bits per heavy atom. The predicted octanol–water partition coefficient (Wildman–Crippen LogP) is 1.56. The zero-order valence-corrected chi connectivity index (χ0v) is 10.8. The van der Waals surface area contributed by atoms with Crippen LogP contribution in [0.15, 0.2) is 34.9 Å². The minimum absolute atomic E-state index is 0.0920. The van der Waals surface area contributed by atoms with E-state index in [1.807, 2.05) is 12.1 Å². The molecular formula is C14H18FNO3. The first-order valence-corrected chi connectivity index (χ1v) is 6.20. The summed E-state index contributed by atoms with van der Waals surface area (Å²) in [5, 5.41) is 23.8. The highest BCUT2D eigenvalue weighted by Crippen LogP contribution is 2.31. The van der Waals surface area contributed by atoms with Gasteiger partial charge in [-0.15, -0.1) is 0 Å². The molecule has 0 bridgehead atoms. The normalized spacial score (nSPS) is 16.4. The number of aliphatic hydroxyl groups excluding tert-OH is 1. The molecule has 19 heavy (non-hydrogen) atoms. The second-order valence-electron chi connectivity index (χ2n) is 4.56. The average molecular weight is 267 g/mol. The molecule has 2 aromatic rings. The van der Waals surface area contributed by atoms with Crippen LogP contribution in [-0.4, -0.2) is 36.6 Å². The molecule has 2 rings (SSSR count). The number of likely N-dealkylation sites (N-methyl/N-ethyl adjacent to an activating group) is 1. The molecule has 1 aromatic heterocycles. The zero-order valence-electron chi connectivity index (χ0n) is 10.8. The van der Waals surface area contributed by atoms with E-state index in [4.69, 9.17) is 4.42 Å². The highest BCUT2D eigenvalue weighted by molar-refractivity contribution is 5.77. The Morgan fingerprint density at radius 2 is 2.21 bits per heavy atom. The summed E-state index contributed by atoms with van der Waals surface area (Å²) in [7, 11) is 1.62. The number of halogens is 1. The van der Waals surface area contributed by atoms with E-state index in [2.05, 4.69) is 5.32 Å². The van der Waals surface area contributed by atoms with Gasteiger partial charge in [-0.05, 0) is 24.7 Å². The molecule has 1 aromatic carbocycles. The van der Waals surface area contributed by atoms with Gasteiger partial charge in [0.2, 0.25) is 0 Å². The molecule has 0 fully saturated rings. The monoisotopic (exact) mass is 267 g/mol. The lowest BCUT2D eigenvalue weighted by atomic mass is 9.83. The fourth-order valence-electron chi connectivity index (χ4n) is 2.37. The summed E-state index contributed by atoms with van der Waals surface area (Å²) in [6.45, 7) is -0.964. The molecule has 0 aliphatic heterocycles. The van der Waals surface area contributed by atoms with Gasteiger partial charge in [0.25, 0.3) is 0 Å². The maximum atomic E-state index is 12.8. The Kier molecular flexibility index (Phi) is 4.19. The standard InChI is InChI=1S/C14H18FNO3/c1-16-13(9-17)14(18,5-6-15)11-3-2-10-4-7-19-12(10)8-11/h2-4,7-8,13,16-18H,5-6,9H2,1H3/t13-,14-/m1/s1. The smallest absolute Gasteiger partial charge is 0.134 e. The van der Waals surface area contributed by atoms with Crippen molar-refractivity contribution in [3.63, 3.8) is 0 Å². The van der Waals surface area contributed by atoms with E-state index in [9.17, 15) is 14.6 Å². The van der Waals surface area contributed by atoms with Gasteiger partial charge in [0.05, 0.1) is 25.6 Å². The van der Waals surface area contributed by atoms with Crippen LogP contribution in [0, 0.1) is 0 Å². The third kappa shape index (κ3) is 2.49. The van der Waals surface area contributed by atoms with Gasteiger partial charge in [0, 0.05) is 11.8 Å². The first-order chi connectivity index (χ1) is 9.15. The van der Waals surface area contributed by atoms with Gasteiger partial charge >= 0.3 is 0 Å². The molecule has 104 valence electrons. The summed E-state index contributed by atoms with van der Waals surface area (Å²) in [6.07, 6.45) is 1.47. The molecule has 2 atom stereocenters. The summed E-state index contributed by atoms with van der Waals surface area (Å²) < 4.78 is 18.1. The quantitative estimate of drug-likeness (QED) is 0.743. The van der Waals surface area contributed by atoms with Gasteiger partial charge in [-0.2, -0.15) is 0 Å². The molecule has 0 amide bonds. The Hall–Kier alpha value is -1.43. The zero-order chi connectivity index (χ0) is 13.9. The highest BCUT2D eigenvalue weighted by Gasteiger charge is 2.37. The van der Waals surface area contributed by atoms with Crippen molar-refractivity contribution in [3.05, 3.63) is 36.1 Å². The van der Waals surface area contributed by atoms with Crippen LogP contribution in [0.4, 0.5) is 4.39 Å². The number of aliphatic hydroxyl groups is 2. The van der Waals surface area contributed by atoms with E-state index in [0.717, 1.165) is 5.39 Å². The van der Waals surface area contributed by atoms with Gasteiger partial charge in [-0.3, -0.25) is 4.39 Å². The SMILES string of the molecule is CN[C@H](CO)[C@@](O)(CCF)c1ccc2ccoc2c1. The fraction of sp³-hybridized carbons (Fsp3) is 0.429. The van der Waals surface area contributed by atoms with Crippen molar-refractivity contribution in [1.82, 2.24) is 5.32 Å². The number of fused-ring (bicyclic) bond motifs is 1. The molecule has 4 nitrogen and oxygen atoms in total. The average Bonchev–Trinajstić information content (AvgIpc) is 2.87. The van der Waals surface area contributed by atoms with Crippen LogP contribution in [0.3, 0.4) is 0 Å². The van der Waals surface area contributed by atoms with Crippen LogP contribution in [-0.2, 0) is 5.60 Å². The third-order valence-electron chi connectivity index (χ3n) is 3.54. The molecular weight excluding hydrogens is 249 g/mol. The first-order valence-electron chi connectivity index (χ1n) is 6.20. The Bertz CT molecular complexity index is 538. The number of hydrogen-bond donors (Lipinski definition) is 3. The van der Waals surface area contributed by atoms with Crippen LogP contribution in [0.2, 0.25) is 0 Å². The molecule has 0 aliphatic rings. The van der Waals surface area contributed by atoms with E-state index in [1.165, 1.54) is 0 Å². The Balaban J connectivity index is 2.46. The Labute approximate surface area is 110 Å². The van der Waals surface area contributed by atoms with Crippen LogP contribution in [0.25, 0.3) is 11.0 Å². The third-order valence-corrected chi connectivity index (χ3v) is 3.54. The summed E-state index contributed by atoms with van der Waals surface area (Å²) in [6, 6.07) is 6.39. The van der Waals surface area contributed by atoms with Crippen molar-refractivity contribution >= 4 is 11.0 Å². The lowest BCUT2D eigenvalue weighted by molar-refractivity contribution is -0.0313. The van der Waals surface area contributed by atoms with E-state index >= 15 is 0 Å². The molecule has 0 unspecified atom stereocenters. The number of benzene rings is 1. The summed E-state index contributed by atoms with van der Waals surface area (Å²) in [5.41, 5.74) is -0.317. The van der Waals surface area contributed by atoms with Gasteiger partial charge in [0.1, 0.15) is 11.2 Å². The lowest BCUT2D eigenvalue weighted by Crippen LogP contribution is -2.50. The molecule has 5 heteroatoms. The van der Waals surface area contributed by atoms with Crippen LogP contribution < -0.4 is 5.32 Å². The van der Waals surface area contributed by atoms with Crippen molar-refractivity contribution in [2.75, 3.05) is 20.3 Å². The first kappa shape index (κ1) is 14.0. The van der Waals surface area contributed by atoms with E-state index in [0.29, 0.717) is 11.1 Å². The van der Waals surface area contributed by atoms with Gasteiger partial charge in [-0.1, -0.05) is 12.1 Å². The minimum Gasteiger partial charge on any atom is -0.464 e.